The van der Waals surface area contributed by atoms with Gasteiger partial charge < -0.3 is 14.7 Å². The Hall–Kier alpha value is -0.610. The molecule has 4 nitrogen and oxygen atoms in total. The molecule has 94 valence electrons. The molecule has 4 heteroatoms. The fraction of sp³-hybridized carbons (Fsp3) is 0.917. The summed E-state index contributed by atoms with van der Waals surface area (Å²) in [6.07, 6.45) is 0.626. The third-order valence-corrected chi connectivity index (χ3v) is 3.63. The first-order valence-electron chi connectivity index (χ1n) is 5.82. The van der Waals surface area contributed by atoms with E-state index in [9.17, 15) is 9.90 Å². The summed E-state index contributed by atoms with van der Waals surface area (Å²) in [5.41, 5.74) is -0.949. The predicted octanol–water partition coefficient (Wildman–Crippen LogP) is 0.887. The Balaban J connectivity index is 2.91. The van der Waals surface area contributed by atoms with Crippen molar-refractivity contribution >= 4 is 5.97 Å². The van der Waals surface area contributed by atoms with Crippen molar-refractivity contribution in [3.8, 4) is 0 Å². The molecule has 0 radical (unpaired) electrons. The summed E-state index contributed by atoms with van der Waals surface area (Å²) in [5, 5.41) is 10.6. The summed E-state index contributed by atoms with van der Waals surface area (Å²) >= 11 is 0. The highest BCUT2D eigenvalue weighted by molar-refractivity contribution is 5.74. The smallest absolute Gasteiger partial charge is 0.311 e. The molecule has 0 aliphatic carbocycles. The van der Waals surface area contributed by atoms with E-state index < -0.39 is 11.5 Å². The minimum atomic E-state index is -0.949. The molecule has 0 aromatic carbocycles. The van der Waals surface area contributed by atoms with Crippen LogP contribution < -0.4 is 0 Å². The van der Waals surface area contributed by atoms with Crippen LogP contribution in [0.4, 0.5) is 0 Å². The van der Waals surface area contributed by atoms with Gasteiger partial charge in [-0.2, -0.15) is 0 Å². The molecule has 1 heterocycles. The molecule has 1 saturated heterocycles. The summed E-state index contributed by atoms with van der Waals surface area (Å²) in [6, 6.07) is 0.302. The van der Waals surface area contributed by atoms with Gasteiger partial charge in [-0.25, -0.2) is 0 Å². The minimum Gasteiger partial charge on any atom is -0.469 e. The van der Waals surface area contributed by atoms with Crippen molar-refractivity contribution < 1.29 is 14.6 Å². The van der Waals surface area contributed by atoms with Crippen LogP contribution in [0.15, 0.2) is 0 Å². The molecular weight excluding hydrogens is 206 g/mol. The van der Waals surface area contributed by atoms with Crippen LogP contribution in [0.5, 0.6) is 0 Å². The molecule has 16 heavy (non-hydrogen) atoms. The molecule has 1 aliphatic heterocycles. The maximum Gasteiger partial charge on any atom is 0.311 e. The Morgan fingerprint density at radius 3 is 2.44 bits per heavy atom. The van der Waals surface area contributed by atoms with E-state index in [2.05, 4.69) is 11.8 Å². The number of ether oxygens (including phenoxy) is 1. The third-order valence-electron chi connectivity index (χ3n) is 3.63. The molecule has 0 amide bonds. The summed E-state index contributed by atoms with van der Waals surface area (Å²) in [5.74, 6) is -0.666. The monoisotopic (exact) mass is 229 g/mol. The molecule has 3 unspecified atom stereocenters. The van der Waals surface area contributed by atoms with E-state index in [1.54, 1.807) is 0 Å². The van der Waals surface area contributed by atoms with Gasteiger partial charge in [0.15, 0.2) is 0 Å². The second kappa shape index (κ2) is 4.72. The predicted molar refractivity (Wildman–Crippen MR) is 62.0 cm³/mol. The maximum atomic E-state index is 11.8. The van der Waals surface area contributed by atoms with Crippen molar-refractivity contribution in [2.45, 2.75) is 38.8 Å². The van der Waals surface area contributed by atoms with Gasteiger partial charge in [-0.1, -0.05) is 13.8 Å². The normalized spacial score (nSPS) is 33.1. The molecular formula is C12H23NO3. The van der Waals surface area contributed by atoms with E-state index >= 15 is 0 Å². The summed E-state index contributed by atoms with van der Waals surface area (Å²) in [6.45, 7) is 6.49. The average Bonchev–Trinajstić information content (AvgIpc) is 2.40. The number of hydrogen-bond acceptors (Lipinski definition) is 4. The summed E-state index contributed by atoms with van der Waals surface area (Å²) in [4.78, 5) is 13.8. The Kier molecular flexibility index (Phi) is 3.97. The molecule has 0 bridgehead atoms. The van der Waals surface area contributed by atoms with Crippen molar-refractivity contribution in [3.63, 3.8) is 0 Å². The maximum absolute atomic E-state index is 11.8. The first kappa shape index (κ1) is 13.5. The van der Waals surface area contributed by atoms with E-state index in [1.807, 2.05) is 20.9 Å². The number of likely N-dealkylation sites (tertiary alicyclic amines) is 1. The minimum absolute atomic E-state index is 0.0798. The van der Waals surface area contributed by atoms with Crippen molar-refractivity contribution in [2.24, 2.45) is 11.8 Å². The highest BCUT2D eigenvalue weighted by Gasteiger charge is 2.49. The number of rotatable bonds is 3. The zero-order chi connectivity index (χ0) is 12.5. The quantitative estimate of drug-likeness (QED) is 0.730. The Bertz CT molecular complexity index is 255. The van der Waals surface area contributed by atoms with E-state index in [4.69, 9.17) is 4.74 Å². The zero-order valence-corrected chi connectivity index (χ0v) is 10.9. The van der Waals surface area contributed by atoms with Crippen LogP contribution in [0.1, 0.15) is 27.2 Å². The lowest BCUT2D eigenvalue weighted by atomic mass is 9.78. The molecule has 0 saturated carbocycles. The van der Waals surface area contributed by atoms with Gasteiger partial charge in [-0.05, 0) is 26.3 Å². The van der Waals surface area contributed by atoms with Gasteiger partial charge in [-0.3, -0.25) is 4.79 Å². The van der Waals surface area contributed by atoms with Gasteiger partial charge in [0.1, 0.15) is 0 Å². The van der Waals surface area contributed by atoms with Crippen molar-refractivity contribution in [3.05, 3.63) is 0 Å². The van der Waals surface area contributed by atoms with E-state index in [0.717, 1.165) is 0 Å². The second-order valence-electron chi connectivity index (χ2n) is 5.32. The fourth-order valence-corrected chi connectivity index (χ4v) is 2.78. The standard InChI is InChI=1S/C12H23NO3/c1-8(2)10(11(14)16-5)12(15)6-9(3)13(4)7-12/h8-10,15H,6-7H2,1-5H3. The third kappa shape index (κ3) is 2.38. The van der Waals surface area contributed by atoms with Crippen molar-refractivity contribution in [2.75, 3.05) is 20.7 Å². The van der Waals surface area contributed by atoms with Crippen molar-refractivity contribution in [1.29, 1.82) is 0 Å². The summed E-state index contributed by atoms with van der Waals surface area (Å²) < 4.78 is 4.80. The molecule has 1 aliphatic rings. The molecule has 1 fully saturated rings. The van der Waals surface area contributed by atoms with Crippen LogP contribution >= 0.6 is 0 Å². The van der Waals surface area contributed by atoms with Crippen LogP contribution in [-0.2, 0) is 9.53 Å². The Morgan fingerprint density at radius 2 is 2.12 bits per heavy atom. The van der Waals surface area contributed by atoms with Crippen LogP contribution in [0, 0.1) is 11.8 Å². The number of carbonyl (C=O) groups excluding carboxylic acids is 1. The molecule has 0 aromatic rings. The SMILES string of the molecule is COC(=O)C(C(C)C)C1(O)CC(C)N(C)C1. The van der Waals surface area contributed by atoms with Crippen molar-refractivity contribution in [1.82, 2.24) is 4.90 Å². The lowest BCUT2D eigenvalue weighted by Gasteiger charge is -2.33. The van der Waals surface area contributed by atoms with Gasteiger partial charge in [-0.15, -0.1) is 0 Å². The second-order valence-corrected chi connectivity index (χ2v) is 5.32. The van der Waals surface area contributed by atoms with E-state index in [-0.39, 0.29) is 11.9 Å². The van der Waals surface area contributed by atoms with Crippen LogP contribution in [0.2, 0.25) is 0 Å². The number of aliphatic hydroxyl groups is 1. The first-order valence-corrected chi connectivity index (χ1v) is 5.82. The Labute approximate surface area is 97.6 Å². The molecule has 0 spiro atoms. The number of β-amino-alcohol motifs (C(OH)–C–C–N with tert-alkyl or cyclic N) is 1. The highest BCUT2D eigenvalue weighted by Crippen LogP contribution is 2.36. The lowest BCUT2D eigenvalue weighted by molar-refractivity contribution is -0.158. The lowest BCUT2D eigenvalue weighted by Crippen LogP contribution is -2.47. The van der Waals surface area contributed by atoms with E-state index in [0.29, 0.717) is 19.0 Å². The van der Waals surface area contributed by atoms with Gasteiger partial charge >= 0.3 is 5.97 Å². The van der Waals surface area contributed by atoms with Gasteiger partial charge in [0.05, 0.1) is 18.6 Å². The van der Waals surface area contributed by atoms with Gasteiger partial charge in [0.25, 0.3) is 0 Å². The van der Waals surface area contributed by atoms with E-state index in [1.165, 1.54) is 7.11 Å². The van der Waals surface area contributed by atoms with Gasteiger partial charge in [0.2, 0.25) is 0 Å². The first-order chi connectivity index (χ1) is 7.31. The molecule has 1 N–H and O–H groups in total. The number of esters is 1. The average molecular weight is 229 g/mol. The number of carbonyl (C=O) groups is 1. The molecule has 1 rings (SSSR count). The summed E-state index contributed by atoms with van der Waals surface area (Å²) in [7, 11) is 3.35. The topological polar surface area (TPSA) is 49.8 Å². The van der Waals surface area contributed by atoms with Gasteiger partial charge in [0, 0.05) is 12.6 Å². The number of methoxy groups -OCH3 is 1. The van der Waals surface area contributed by atoms with Crippen LogP contribution in [-0.4, -0.2) is 48.3 Å². The largest absolute Gasteiger partial charge is 0.469 e. The highest BCUT2D eigenvalue weighted by atomic mass is 16.5. The molecule has 0 aromatic heterocycles. The number of nitrogens with zero attached hydrogens (tertiary/aromatic N) is 1. The Morgan fingerprint density at radius 1 is 1.56 bits per heavy atom. The zero-order valence-electron chi connectivity index (χ0n) is 10.9. The molecule has 3 atom stereocenters. The fourth-order valence-electron chi connectivity index (χ4n) is 2.78. The van der Waals surface area contributed by atoms with Crippen LogP contribution in [0.25, 0.3) is 0 Å². The number of likely N-dealkylation sites (N-methyl/N-ethyl adjacent to an activating group) is 1. The number of hydrogen-bond donors (Lipinski definition) is 1. The van der Waals surface area contributed by atoms with Crippen LogP contribution in [0.3, 0.4) is 0 Å².